The van der Waals surface area contributed by atoms with Crippen molar-refractivity contribution in [2.24, 2.45) is 0 Å². The molecule has 10 aromatic rings. The number of para-hydroxylation sites is 2. The fourth-order valence-corrected chi connectivity index (χ4v) is 7.67. The molecule has 9 aromatic carbocycles. The SMILES string of the molecule is C=CC=C.c1cc(-c2ccc3ccc4c(-c5ccc6ccccc6c5)ccc5ccc2c3c54)cc(-n2c3ccccc3c3ccccc32)c1. The van der Waals surface area contributed by atoms with E-state index in [1.165, 1.54) is 92.8 Å². The highest BCUT2D eigenvalue weighted by Crippen LogP contribution is 2.43. The molecule has 0 radical (unpaired) electrons. The lowest BCUT2D eigenvalue weighted by Crippen LogP contribution is -1.94. The highest BCUT2D eigenvalue weighted by atomic mass is 15.0. The molecule has 0 aliphatic rings. The molecule has 1 heterocycles. The van der Waals surface area contributed by atoms with Gasteiger partial charge < -0.3 is 4.57 Å². The van der Waals surface area contributed by atoms with Crippen LogP contribution in [0.25, 0.3) is 92.8 Å². The van der Waals surface area contributed by atoms with E-state index < -0.39 is 0 Å². The number of rotatable bonds is 4. The molecule has 0 aliphatic heterocycles. The third-order valence-electron chi connectivity index (χ3n) is 9.89. The lowest BCUT2D eigenvalue weighted by Gasteiger charge is -2.17. The summed E-state index contributed by atoms with van der Waals surface area (Å²) in [6.07, 6.45) is 3.28. The van der Waals surface area contributed by atoms with Gasteiger partial charge in [0.1, 0.15) is 0 Å². The minimum atomic E-state index is 1.18. The molecule has 1 aromatic heterocycles. The lowest BCUT2D eigenvalue weighted by molar-refractivity contribution is 1.18. The van der Waals surface area contributed by atoms with E-state index in [4.69, 9.17) is 0 Å². The summed E-state index contributed by atoms with van der Waals surface area (Å²) in [5.74, 6) is 0. The number of hydrogen-bond acceptors (Lipinski definition) is 0. The Kier molecular flexibility index (Phi) is 6.85. The minimum absolute atomic E-state index is 1.18. The first-order valence-electron chi connectivity index (χ1n) is 16.8. The van der Waals surface area contributed by atoms with Gasteiger partial charge in [-0.2, -0.15) is 0 Å². The van der Waals surface area contributed by atoms with Crippen LogP contribution in [0.1, 0.15) is 0 Å². The van der Waals surface area contributed by atoms with Crippen LogP contribution in [-0.2, 0) is 0 Å². The van der Waals surface area contributed by atoms with Crippen LogP contribution >= 0.6 is 0 Å². The molecule has 1 heteroatoms. The number of aromatic nitrogens is 1. The highest BCUT2D eigenvalue weighted by molar-refractivity contribution is 6.27. The van der Waals surface area contributed by atoms with Gasteiger partial charge in [-0.25, -0.2) is 0 Å². The molecule has 0 saturated heterocycles. The number of benzene rings is 9. The first-order valence-corrected chi connectivity index (χ1v) is 16.8. The Bertz CT molecular complexity index is 2810. The van der Waals surface area contributed by atoms with Gasteiger partial charge >= 0.3 is 0 Å². The summed E-state index contributed by atoms with van der Waals surface area (Å²) >= 11 is 0. The fraction of sp³-hybridized carbons (Fsp3) is 0. The van der Waals surface area contributed by atoms with Crippen molar-refractivity contribution in [2.75, 3.05) is 0 Å². The van der Waals surface area contributed by atoms with E-state index >= 15 is 0 Å². The van der Waals surface area contributed by atoms with Crippen molar-refractivity contribution in [3.63, 3.8) is 0 Å². The normalized spacial score (nSPS) is 11.4. The standard InChI is InChI=1S/C44H27N.C4H6/c1-2-9-31-26-33(17-16-28(31)8-1)36-23-19-30-20-24-39-35(22-18-29-21-25-40(36)44(30)43(29)39)32-10-7-11-34(27-32)45-41-14-5-3-12-37(41)38-13-4-6-15-42(38)45;1-3-4-2/h1-27H;3-4H,1-2H2. The van der Waals surface area contributed by atoms with Crippen molar-refractivity contribution in [1.82, 2.24) is 4.57 Å². The van der Waals surface area contributed by atoms with Crippen molar-refractivity contribution in [1.29, 1.82) is 0 Å². The van der Waals surface area contributed by atoms with Gasteiger partial charge in [0.25, 0.3) is 0 Å². The predicted octanol–water partition coefficient (Wildman–Crippen LogP) is 13.5. The van der Waals surface area contributed by atoms with Crippen molar-refractivity contribution in [2.45, 2.75) is 0 Å². The molecule has 0 N–H and O–H groups in total. The molecule has 10 rings (SSSR count). The van der Waals surface area contributed by atoms with Crippen LogP contribution < -0.4 is 0 Å². The van der Waals surface area contributed by atoms with Crippen LogP contribution in [0.5, 0.6) is 0 Å². The maximum atomic E-state index is 3.36. The van der Waals surface area contributed by atoms with E-state index in [1.807, 2.05) is 0 Å². The molecule has 0 saturated carbocycles. The summed E-state index contributed by atoms with van der Waals surface area (Å²) in [7, 11) is 0. The molecule has 0 fully saturated rings. The van der Waals surface area contributed by atoms with E-state index in [2.05, 4.69) is 182 Å². The van der Waals surface area contributed by atoms with Crippen molar-refractivity contribution in [3.05, 3.63) is 189 Å². The monoisotopic (exact) mass is 623 g/mol. The third kappa shape index (κ3) is 4.63. The number of allylic oxidation sites excluding steroid dienone is 2. The van der Waals surface area contributed by atoms with Crippen molar-refractivity contribution in [3.8, 4) is 27.9 Å². The number of nitrogens with zero attached hydrogens (tertiary/aromatic N) is 1. The summed E-state index contributed by atoms with van der Waals surface area (Å²) in [5, 5.41) is 12.9. The highest BCUT2D eigenvalue weighted by Gasteiger charge is 2.16. The zero-order chi connectivity index (χ0) is 32.9. The average Bonchev–Trinajstić information content (AvgIpc) is 3.51. The van der Waals surface area contributed by atoms with Crippen molar-refractivity contribution >= 4 is 64.9 Å². The quantitative estimate of drug-likeness (QED) is 0.136. The first-order chi connectivity index (χ1) is 24.2. The minimum Gasteiger partial charge on any atom is -0.309 e. The Labute approximate surface area is 285 Å². The van der Waals surface area contributed by atoms with Gasteiger partial charge in [-0.1, -0.05) is 159 Å². The molecule has 230 valence electrons. The van der Waals surface area contributed by atoms with Crippen LogP contribution in [0.3, 0.4) is 0 Å². The lowest BCUT2D eigenvalue weighted by atomic mass is 9.87. The Balaban J connectivity index is 0.000000773. The molecule has 49 heavy (non-hydrogen) atoms. The van der Waals surface area contributed by atoms with Gasteiger partial charge in [-0.15, -0.1) is 0 Å². The molecule has 1 nitrogen and oxygen atoms in total. The van der Waals surface area contributed by atoms with Crippen molar-refractivity contribution < 1.29 is 0 Å². The maximum Gasteiger partial charge on any atom is 0.0541 e. The zero-order valence-electron chi connectivity index (χ0n) is 27.1. The first kappa shape index (κ1) is 28.8. The van der Waals surface area contributed by atoms with Crippen LogP contribution in [0.2, 0.25) is 0 Å². The van der Waals surface area contributed by atoms with E-state index in [1.54, 1.807) is 12.2 Å². The summed E-state index contributed by atoms with van der Waals surface area (Å²) in [4.78, 5) is 0. The van der Waals surface area contributed by atoms with Gasteiger partial charge in [0.15, 0.2) is 0 Å². The van der Waals surface area contributed by atoms with Gasteiger partial charge in [0, 0.05) is 16.5 Å². The van der Waals surface area contributed by atoms with E-state index in [-0.39, 0.29) is 0 Å². The number of hydrogen-bond donors (Lipinski definition) is 0. The molecule has 0 bridgehead atoms. The molecule has 0 amide bonds. The Hall–Kier alpha value is -6.44. The molecular formula is C48H33N. The van der Waals surface area contributed by atoms with Gasteiger partial charge in [-0.3, -0.25) is 0 Å². The largest absolute Gasteiger partial charge is 0.309 e. The van der Waals surface area contributed by atoms with Crippen LogP contribution in [0.15, 0.2) is 189 Å². The van der Waals surface area contributed by atoms with Crippen LogP contribution in [0.4, 0.5) is 0 Å². The summed E-state index contributed by atoms with van der Waals surface area (Å²) in [5.41, 5.74) is 8.65. The molecular weight excluding hydrogens is 591 g/mol. The number of fused-ring (bicyclic) bond motifs is 4. The smallest absolute Gasteiger partial charge is 0.0541 e. The van der Waals surface area contributed by atoms with Gasteiger partial charge in [0.05, 0.1) is 11.0 Å². The molecule has 0 aliphatic carbocycles. The second kappa shape index (κ2) is 11.7. The van der Waals surface area contributed by atoms with E-state index in [0.717, 1.165) is 0 Å². The Morgan fingerprint density at radius 2 is 0.878 bits per heavy atom. The van der Waals surface area contributed by atoms with Crippen LogP contribution in [-0.4, -0.2) is 4.57 Å². The second-order valence-electron chi connectivity index (χ2n) is 12.6. The summed E-state index contributed by atoms with van der Waals surface area (Å²) < 4.78 is 2.40. The third-order valence-corrected chi connectivity index (χ3v) is 9.89. The van der Waals surface area contributed by atoms with Gasteiger partial charge in [0.2, 0.25) is 0 Å². The van der Waals surface area contributed by atoms with Gasteiger partial charge in [-0.05, 0) is 95.7 Å². The molecule has 0 spiro atoms. The van der Waals surface area contributed by atoms with E-state index in [9.17, 15) is 0 Å². The Morgan fingerprint density at radius 1 is 0.367 bits per heavy atom. The average molecular weight is 624 g/mol. The maximum absolute atomic E-state index is 3.36. The summed E-state index contributed by atoms with van der Waals surface area (Å²) in [6, 6.07) is 60.3. The molecule has 0 atom stereocenters. The Morgan fingerprint density at radius 3 is 1.49 bits per heavy atom. The fourth-order valence-electron chi connectivity index (χ4n) is 7.67. The second-order valence-corrected chi connectivity index (χ2v) is 12.6. The topological polar surface area (TPSA) is 4.93 Å². The molecule has 0 unspecified atom stereocenters. The zero-order valence-corrected chi connectivity index (χ0v) is 27.1. The predicted molar refractivity (Wildman–Crippen MR) is 213 cm³/mol. The van der Waals surface area contributed by atoms with E-state index in [0.29, 0.717) is 0 Å². The summed E-state index contributed by atoms with van der Waals surface area (Å²) in [6.45, 7) is 6.72. The van der Waals surface area contributed by atoms with Crippen LogP contribution in [0, 0.1) is 0 Å².